The predicted molar refractivity (Wildman–Crippen MR) is 75.1 cm³/mol. The molecule has 0 saturated carbocycles. The Morgan fingerprint density at radius 1 is 0.765 bits per heavy atom. The van der Waals surface area contributed by atoms with Gasteiger partial charge in [-0.15, -0.1) is 0 Å². The van der Waals surface area contributed by atoms with E-state index in [9.17, 15) is 0 Å². The fourth-order valence-electron chi connectivity index (χ4n) is 1.80. The second-order valence-electron chi connectivity index (χ2n) is 6.72. The minimum Gasteiger partial charge on any atom is -0.376 e. The van der Waals surface area contributed by atoms with E-state index in [0.717, 1.165) is 35.1 Å². The smallest absolute Gasteiger partial charge is 0.102 e. The van der Waals surface area contributed by atoms with Crippen LogP contribution in [0.1, 0.15) is 26.2 Å². The molecule has 0 fully saturated rings. The van der Waals surface area contributed by atoms with Crippen molar-refractivity contribution in [3.63, 3.8) is 0 Å². The van der Waals surface area contributed by atoms with E-state index in [1.807, 2.05) is 0 Å². The zero-order valence-electron chi connectivity index (χ0n) is 13.0. The van der Waals surface area contributed by atoms with Gasteiger partial charge in [0.2, 0.25) is 0 Å². The maximum atomic E-state index is 5.56. The number of quaternary nitrogens is 2. The largest absolute Gasteiger partial charge is 0.376 e. The van der Waals surface area contributed by atoms with Gasteiger partial charge in [-0.1, -0.05) is 6.92 Å². The molecule has 0 aromatic rings. The van der Waals surface area contributed by atoms with E-state index >= 15 is 0 Å². The highest BCUT2D eigenvalue weighted by Crippen LogP contribution is 2.04. The molecule has 0 heterocycles. The molecule has 0 aliphatic rings. The lowest BCUT2D eigenvalue weighted by Crippen LogP contribution is -2.43. The Kier molecular flexibility index (Phi) is 8.01. The monoisotopic (exact) mass is 246 g/mol. The fraction of sp³-hybridized carbons (Fsp3) is 1.00. The number of nitrogens with zero attached hydrogens (tertiary/aromatic N) is 2. The molecule has 3 heteroatoms. The van der Waals surface area contributed by atoms with Crippen molar-refractivity contribution < 1.29 is 13.7 Å². The van der Waals surface area contributed by atoms with E-state index in [1.165, 1.54) is 25.9 Å². The SMILES string of the molecule is CCCOCC[N+](C)(C)CCCC[N+](C)(C)C. The molecule has 0 aliphatic carbocycles. The number of rotatable bonds is 10. The Balaban J connectivity index is 3.56. The second kappa shape index (κ2) is 8.06. The van der Waals surface area contributed by atoms with Crippen molar-refractivity contribution in [1.29, 1.82) is 0 Å². The van der Waals surface area contributed by atoms with Crippen molar-refractivity contribution in [2.75, 3.05) is 68.1 Å². The summed E-state index contributed by atoms with van der Waals surface area (Å²) >= 11 is 0. The lowest BCUT2D eigenvalue weighted by Gasteiger charge is -2.30. The summed E-state index contributed by atoms with van der Waals surface area (Å²) in [7, 11) is 11.4. The van der Waals surface area contributed by atoms with Gasteiger partial charge >= 0.3 is 0 Å². The summed E-state index contributed by atoms with van der Waals surface area (Å²) in [6.45, 7) is 7.62. The number of unbranched alkanes of at least 4 members (excludes halogenated alkanes) is 1. The van der Waals surface area contributed by atoms with Crippen molar-refractivity contribution in [2.45, 2.75) is 26.2 Å². The maximum Gasteiger partial charge on any atom is 0.102 e. The highest BCUT2D eigenvalue weighted by molar-refractivity contribution is 4.41. The molecular formula is C14H34N2O+2. The molecule has 0 rings (SSSR count). The first-order valence-electron chi connectivity index (χ1n) is 6.97. The van der Waals surface area contributed by atoms with Crippen LogP contribution in [0.15, 0.2) is 0 Å². The highest BCUT2D eigenvalue weighted by atomic mass is 16.5. The van der Waals surface area contributed by atoms with Crippen LogP contribution in [0.3, 0.4) is 0 Å². The second-order valence-corrected chi connectivity index (χ2v) is 6.72. The van der Waals surface area contributed by atoms with Gasteiger partial charge in [0.1, 0.15) is 6.54 Å². The van der Waals surface area contributed by atoms with Crippen LogP contribution in [0.2, 0.25) is 0 Å². The summed E-state index contributed by atoms with van der Waals surface area (Å²) in [6.07, 6.45) is 3.76. The van der Waals surface area contributed by atoms with Gasteiger partial charge in [0, 0.05) is 19.4 Å². The first-order chi connectivity index (χ1) is 7.77. The Bertz CT molecular complexity index is 185. The van der Waals surface area contributed by atoms with Crippen LogP contribution in [0, 0.1) is 0 Å². The third-order valence-electron chi connectivity index (χ3n) is 3.03. The van der Waals surface area contributed by atoms with Crippen LogP contribution in [0.4, 0.5) is 0 Å². The Morgan fingerprint density at radius 3 is 1.88 bits per heavy atom. The number of hydrogen-bond donors (Lipinski definition) is 0. The summed E-state index contributed by atoms with van der Waals surface area (Å²) in [5.41, 5.74) is 0. The van der Waals surface area contributed by atoms with Gasteiger partial charge < -0.3 is 13.7 Å². The third kappa shape index (κ3) is 12.1. The summed E-state index contributed by atoms with van der Waals surface area (Å²) in [5, 5.41) is 0. The summed E-state index contributed by atoms with van der Waals surface area (Å²) in [6, 6.07) is 0. The average molecular weight is 246 g/mol. The molecule has 0 amide bonds. The standard InChI is InChI=1S/C14H34N2O/c1-7-13-17-14-12-16(5,6)11-9-8-10-15(2,3)4/h7-14H2,1-6H3/q+2. The van der Waals surface area contributed by atoms with Crippen LogP contribution in [-0.4, -0.2) is 77.1 Å². The lowest BCUT2D eigenvalue weighted by atomic mass is 10.2. The molecular weight excluding hydrogens is 212 g/mol. The summed E-state index contributed by atoms with van der Waals surface area (Å²) < 4.78 is 7.72. The van der Waals surface area contributed by atoms with Crippen molar-refractivity contribution in [3.8, 4) is 0 Å². The number of ether oxygens (including phenoxy) is 1. The van der Waals surface area contributed by atoms with Gasteiger partial charge in [0.25, 0.3) is 0 Å². The van der Waals surface area contributed by atoms with Crippen LogP contribution >= 0.6 is 0 Å². The number of likely N-dealkylation sites (N-methyl/N-ethyl adjacent to an activating group) is 1. The highest BCUT2D eigenvalue weighted by Gasteiger charge is 2.15. The van der Waals surface area contributed by atoms with Crippen molar-refractivity contribution in [3.05, 3.63) is 0 Å². The minimum absolute atomic E-state index is 0.899. The van der Waals surface area contributed by atoms with Crippen LogP contribution in [0.25, 0.3) is 0 Å². The lowest BCUT2D eigenvalue weighted by molar-refractivity contribution is -0.892. The molecule has 0 aliphatic heterocycles. The Labute approximate surface area is 109 Å². The van der Waals surface area contributed by atoms with Crippen molar-refractivity contribution in [1.82, 2.24) is 0 Å². The molecule has 0 spiro atoms. The molecule has 0 aromatic carbocycles. The van der Waals surface area contributed by atoms with Crippen LogP contribution in [0.5, 0.6) is 0 Å². The zero-order valence-corrected chi connectivity index (χ0v) is 13.0. The molecule has 0 aromatic heterocycles. The minimum atomic E-state index is 0.899. The molecule has 0 saturated heterocycles. The zero-order chi connectivity index (χ0) is 13.4. The Morgan fingerprint density at radius 2 is 1.35 bits per heavy atom. The molecule has 0 atom stereocenters. The first-order valence-corrected chi connectivity index (χ1v) is 6.97. The predicted octanol–water partition coefficient (Wildman–Crippen LogP) is 1.98. The fourth-order valence-corrected chi connectivity index (χ4v) is 1.80. The normalized spacial score (nSPS) is 13.1. The van der Waals surface area contributed by atoms with Crippen LogP contribution < -0.4 is 0 Å². The van der Waals surface area contributed by atoms with E-state index in [1.54, 1.807) is 0 Å². The van der Waals surface area contributed by atoms with Gasteiger partial charge in [0.05, 0.1) is 54.9 Å². The third-order valence-corrected chi connectivity index (χ3v) is 3.03. The van der Waals surface area contributed by atoms with Crippen molar-refractivity contribution in [2.24, 2.45) is 0 Å². The topological polar surface area (TPSA) is 9.23 Å². The van der Waals surface area contributed by atoms with Crippen LogP contribution in [-0.2, 0) is 4.74 Å². The Hall–Kier alpha value is -0.120. The van der Waals surface area contributed by atoms with Gasteiger partial charge in [-0.2, -0.15) is 0 Å². The molecule has 0 bridgehead atoms. The molecule has 3 nitrogen and oxygen atoms in total. The molecule has 0 unspecified atom stereocenters. The van der Waals surface area contributed by atoms with Gasteiger partial charge in [-0.25, -0.2) is 0 Å². The average Bonchev–Trinajstić information content (AvgIpc) is 2.18. The van der Waals surface area contributed by atoms with Gasteiger partial charge in [-0.05, 0) is 6.42 Å². The first kappa shape index (κ1) is 16.9. The van der Waals surface area contributed by atoms with Gasteiger partial charge in [-0.3, -0.25) is 0 Å². The van der Waals surface area contributed by atoms with E-state index in [-0.39, 0.29) is 0 Å². The van der Waals surface area contributed by atoms with E-state index in [4.69, 9.17) is 4.74 Å². The molecule has 0 radical (unpaired) electrons. The number of hydrogen-bond acceptors (Lipinski definition) is 1. The van der Waals surface area contributed by atoms with E-state index < -0.39 is 0 Å². The summed E-state index contributed by atoms with van der Waals surface area (Å²) in [4.78, 5) is 0. The van der Waals surface area contributed by atoms with E-state index in [2.05, 4.69) is 42.2 Å². The molecule has 0 N–H and O–H groups in total. The molecule has 104 valence electrons. The summed E-state index contributed by atoms with van der Waals surface area (Å²) in [5.74, 6) is 0. The van der Waals surface area contributed by atoms with Gasteiger partial charge in [0.15, 0.2) is 0 Å². The maximum absolute atomic E-state index is 5.56. The quantitative estimate of drug-likeness (QED) is 0.423. The molecule has 17 heavy (non-hydrogen) atoms. The van der Waals surface area contributed by atoms with Crippen molar-refractivity contribution >= 4 is 0 Å². The van der Waals surface area contributed by atoms with E-state index in [0.29, 0.717) is 0 Å².